The van der Waals surface area contributed by atoms with Crippen molar-refractivity contribution in [1.29, 1.82) is 0 Å². The fraction of sp³-hybridized carbons (Fsp3) is 0.464. The fourth-order valence-electron chi connectivity index (χ4n) is 5.80. The zero-order chi connectivity index (χ0) is 25.2. The van der Waals surface area contributed by atoms with Gasteiger partial charge >= 0.3 is 0 Å². The first-order valence-electron chi connectivity index (χ1n) is 12.9. The van der Waals surface area contributed by atoms with E-state index in [0.29, 0.717) is 15.8 Å². The first-order chi connectivity index (χ1) is 17.4. The first-order valence-corrected chi connectivity index (χ1v) is 13.7. The van der Waals surface area contributed by atoms with Crippen molar-refractivity contribution in [3.8, 4) is 0 Å². The van der Waals surface area contributed by atoms with Crippen LogP contribution in [0.2, 0.25) is 10.0 Å². The van der Waals surface area contributed by atoms with Crippen LogP contribution in [0.4, 0.5) is 0 Å². The normalized spacial score (nSPS) is 24.1. The zero-order valence-electron chi connectivity index (χ0n) is 20.3. The maximum atomic E-state index is 12.1. The highest BCUT2D eigenvalue weighted by atomic mass is 35.5. The van der Waals surface area contributed by atoms with Crippen LogP contribution < -0.4 is 16.0 Å². The summed E-state index contributed by atoms with van der Waals surface area (Å²) >= 11 is 12.0. The number of hydrogen-bond donors (Lipinski definition) is 3. The summed E-state index contributed by atoms with van der Waals surface area (Å²) in [6.07, 6.45) is 11.1. The Morgan fingerprint density at radius 2 is 1.42 bits per heavy atom. The number of nitrogens with zero attached hydrogens (tertiary/aromatic N) is 1. The van der Waals surface area contributed by atoms with Gasteiger partial charge < -0.3 is 10.6 Å². The standard InChI is InChI=1S/C14H17ClN2O.C14H15ClN2O/c2*15-11-6-4-5-10(9-11)12-13(18)17-14(16-12)7-2-1-3-8-14/h4-6,9,12,16H,1-3,7-8H2,(H,17,18);4-6,9H,1-3,7-8H2,(H,17,18). The van der Waals surface area contributed by atoms with Crippen molar-refractivity contribution >= 4 is 40.7 Å². The van der Waals surface area contributed by atoms with E-state index >= 15 is 0 Å². The van der Waals surface area contributed by atoms with Crippen LogP contribution in [-0.4, -0.2) is 28.9 Å². The predicted octanol–water partition coefficient (Wildman–Crippen LogP) is 5.68. The van der Waals surface area contributed by atoms with Crippen LogP contribution in [0.25, 0.3) is 0 Å². The van der Waals surface area contributed by atoms with Gasteiger partial charge in [0.2, 0.25) is 5.91 Å². The molecule has 190 valence electrons. The molecule has 1 unspecified atom stereocenters. The van der Waals surface area contributed by atoms with Gasteiger partial charge in [-0.3, -0.25) is 19.9 Å². The van der Waals surface area contributed by atoms with Crippen molar-refractivity contribution < 1.29 is 9.59 Å². The Morgan fingerprint density at radius 3 is 2.08 bits per heavy atom. The molecular weight excluding hydrogens is 495 g/mol. The van der Waals surface area contributed by atoms with E-state index in [1.165, 1.54) is 25.7 Å². The average Bonchev–Trinajstić information content (AvgIpc) is 3.36. The molecule has 4 aliphatic rings. The van der Waals surface area contributed by atoms with Crippen LogP contribution in [0, 0.1) is 0 Å². The van der Waals surface area contributed by atoms with Crippen molar-refractivity contribution in [1.82, 2.24) is 16.0 Å². The molecule has 6 rings (SSSR count). The van der Waals surface area contributed by atoms with Crippen LogP contribution in [-0.2, 0) is 9.59 Å². The monoisotopic (exact) mass is 526 g/mol. The predicted molar refractivity (Wildman–Crippen MR) is 143 cm³/mol. The van der Waals surface area contributed by atoms with Gasteiger partial charge in [0.15, 0.2) is 0 Å². The van der Waals surface area contributed by atoms with E-state index in [0.717, 1.165) is 49.7 Å². The molecule has 2 heterocycles. The summed E-state index contributed by atoms with van der Waals surface area (Å²) in [4.78, 5) is 28.9. The quantitative estimate of drug-likeness (QED) is 0.470. The van der Waals surface area contributed by atoms with E-state index in [1.807, 2.05) is 36.4 Å². The third kappa shape index (κ3) is 5.46. The van der Waals surface area contributed by atoms with Gasteiger partial charge in [-0.05, 0) is 81.2 Å². The Bertz CT molecular complexity index is 1170. The third-order valence-electron chi connectivity index (χ3n) is 7.60. The van der Waals surface area contributed by atoms with Gasteiger partial charge in [0.25, 0.3) is 5.91 Å². The lowest BCUT2D eigenvalue weighted by molar-refractivity contribution is -0.121. The Morgan fingerprint density at radius 1 is 0.778 bits per heavy atom. The largest absolute Gasteiger partial charge is 0.336 e. The van der Waals surface area contributed by atoms with Gasteiger partial charge in [0.05, 0.1) is 5.66 Å². The minimum absolute atomic E-state index is 0.0687. The highest BCUT2D eigenvalue weighted by molar-refractivity contribution is 6.47. The number of halogens is 2. The molecule has 2 saturated carbocycles. The number of amides is 2. The zero-order valence-corrected chi connectivity index (χ0v) is 21.8. The molecule has 36 heavy (non-hydrogen) atoms. The summed E-state index contributed by atoms with van der Waals surface area (Å²) < 4.78 is 0. The Kier molecular flexibility index (Phi) is 7.38. The summed E-state index contributed by atoms with van der Waals surface area (Å²) in [5.74, 6) is -0.00154. The topological polar surface area (TPSA) is 82.6 Å². The summed E-state index contributed by atoms with van der Waals surface area (Å²) in [7, 11) is 0. The minimum atomic E-state index is -0.340. The summed E-state index contributed by atoms with van der Waals surface area (Å²) in [5.41, 5.74) is 1.76. The van der Waals surface area contributed by atoms with E-state index in [1.54, 1.807) is 12.1 Å². The van der Waals surface area contributed by atoms with Crippen LogP contribution >= 0.6 is 23.2 Å². The molecule has 2 aromatic rings. The maximum absolute atomic E-state index is 12.1. The molecule has 3 N–H and O–H groups in total. The van der Waals surface area contributed by atoms with Gasteiger partial charge in [0.1, 0.15) is 17.4 Å². The molecule has 1 saturated heterocycles. The van der Waals surface area contributed by atoms with Gasteiger partial charge in [-0.1, -0.05) is 60.3 Å². The number of carbonyl (C=O) groups is 2. The molecule has 2 aromatic carbocycles. The lowest BCUT2D eigenvalue weighted by atomic mass is 9.89. The molecule has 2 amide bonds. The smallest absolute Gasteiger partial charge is 0.272 e. The van der Waals surface area contributed by atoms with Crippen molar-refractivity contribution in [3.63, 3.8) is 0 Å². The Hall–Kier alpha value is -2.41. The molecule has 8 heteroatoms. The first kappa shape index (κ1) is 25.2. The second kappa shape index (κ2) is 10.5. The molecular formula is C28H32Cl2N4O2. The maximum Gasteiger partial charge on any atom is 0.272 e. The molecule has 2 aliphatic heterocycles. The van der Waals surface area contributed by atoms with Gasteiger partial charge in [0, 0.05) is 15.6 Å². The SMILES string of the molecule is O=C1NC2(CCCCC2)N=C1c1cccc(Cl)c1.O=C1NC2(CCCCC2)NC1c1cccc(Cl)c1. The van der Waals surface area contributed by atoms with Crippen LogP contribution in [0.3, 0.4) is 0 Å². The number of carbonyl (C=O) groups excluding carboxylic acids is 2. The molecule has 6 nitrogen and oxygen atoms in total. The second-order valence-electron chi connectivity index (χ2n) is 10.3. The van der Waals surface area contributed by atoms with Crippen molar-refractivity contribution in [2.45, 2.75) is 81.6 Å². The van der Waals surface area contributed by atoms with Crippen LogP contribution in [0.1, 0.15) is 81.4 Å². The highest BCUT2D eigenvalue weighted by Crippen LogP contribution is 2.34. The summed E-state index contributed by atoms with van der Waals surface area (Å²) in [6.45, 7) is 0. The second-order valence-corrected chi connectivity index (χ2v) is 11.2. The van der Waals surface area contributed by atoms with E-state index in [4.69, 9.17) is 23.2 Å². The van der Waals surface area contributed by atoms with E-state index < -0.39 is 0 Å². The number of benzene rings is 2. The number of aliphatic imine (C=N–C) groups is 1. The van der Waals surface area contributed by atoms with Gasteiger partial charge in [-0.2, -0.15) is 0 Å². The molecule has 0 bridgehead atoms. The van der Waals surface area contributed by atoms with Gasteiger partial charge in [-0.15, -0.1) is 0 Å². The average molecular weight is 527 g/mol. The lowest BCUT2D eigenvalue weighted by Crippen LogP contribution is -2.51. The number of hydrogen-bond acceptors (Lipinski definition) is 4. The minimum Gasteiger partial charge on any atom is -0.336 e. The van der Waals surface area contributed by atoms with Crippen molar-refractivity contribution in [2.75, 3.05) is 0 Å². The van der Waals surface area contributed by atoms with E-state index in [2.05, 4.69) is 20.9 Å². The third-order valence-corrected chi connectivity index (χ3v) is 8.07. The van der Waals surface area contributed by atoms with Crippen molar-refractivity contribution in [2.24, 2.45) is 4.99 Å². The fourth-order valence-corrected chi connectivity index (χ4v) is 6.19. The Balaban J connectivity index is 0.000000148. The summed E-state index contributed by atoms with van der Waals surface area (Å²) in [6, 6.07) is 14.6. The van der Waals surface area contributed by atoms with E-state index in [9.17, 15) is 9.59 Å². The molecule has 3 fully saturated rings. The number of rotatable bonds is 2. The summed E-state index contributed by atoms with van der Waals surface area (Å²) in [5, 5.41) is 11.0. The molecule has 0 aromatic heterocycles. The van der Waals surface area contributed by atoms with Crippen molar-refractivity contribution in [3.05, 3.63) is 69.7 Å². The van der Waals surface area contributed by atoms with Gasteiger partial charge in [-0.25, -0.2) is 0 Å². The Labute approximate surface area is 222 Å². The molecule has 1 atom stereocenters. The molecule has 2 spiro atoms. The van der Waals surface area contributed by atoms with E-state index in [-0.39, 0.29) is 29.2 Å². The van der Waals surface area contributed by atoms with Crippen LogP contribution in [0.15, 0.2) is 53.5 Å². The molecule has 2 aliphatic carbocycles. The number of nitrogens with one attached hydrogen (secondary N) is 3. The van der Waals surface area contributed by atoms with Crippen LogP contribution in [0.5, 0.6) is 0 Å². The highest BCUT2D eigenvalue weighted by Gasteiger charge is 2.44. The lowest BCUT2D eigenvalue weighted by Gasteiger charge is -2.33. The molecule has 0 radical (unpaired) electrons.